The van der Waals surface area contributed by atoms with Crippen LogP contribution in [-0.4, -0.2) is 27.1 Å². The van der Waals surface area contributed by atoms with Gasteiger partial charge < -0.3 is 0 Å². The standard InChI is InChI=1S/C18H19BFNO2S/c19-13-14-4-3-5-15(12-14)18-6-1-2-11-21(18)24(22,23)17-9-7-16(20)8-10-17/h3-5,7-10,12,18H,1-2,6,11,13H2. The second-order valence-corrected chi connectivity index (χ2v) is 7.92. The van der Waals surface area contributed by atoms with Crippen LogP contribution in [0.3, 0.4) is 0 Å². The van der Waals surface area contributed by atoms with Crippen LogP contribution in [0.5, 0.6) is 0 Å². The van der Waals surface area contributed by atoms with Crippen molar-refractivity contribution in [2.45, 2.75) is 36.5 Å². The molecule has 0 amide bonds. The minimum atomic E-state index is -3.66. The predicted molar refractivity (Wildman–Crippen MR) is 92.8 cm³/mol. The third kappa shape index (κ3) is 3.40. The zero-order valence-corrected chi connectivity index (χ0v) is 14.2. The molecule has 1 saturated heterocycles. The van der Waals surface area contributed by atoms with E-state index in [0.717, 1.165) is 30.4 Å². The molecule has 3 nitrogen and oxygen atoms in total. The maximum atomic E-state index is 13.1. The molecule has 0 aliphatic carbocycles. The molecule has 124 valence electrons. The lowest BCUT2D eigenvalue weighted by molar-refractivity contribution is 0.256. The molecule has 0 aromatic heterocycles. The SMILES string of the molecule is [B]Cc1cccc(C2CCCCN2S(=O)(=O)c2ccc(F)cc2)c1. The molecule has 0 bridgehead atoms. The maximum Gasteiger partial charge on any atom is 0.243 e. The van der Waals surface area contributed by atoms with Crippen LogP contribution in [0.2, 0.25) is 0 Å². The summed E-state index contributed by atoms with van der Waals surface area (Å²) in [4.78, 5) is 0.130. The first kappa shape index (κ1) is 17.2. The van der Waals surface area contributed by atoms with Crippen LogP contribution in [-0.2, 0) is 16.3 Å². The summed E-state index contributed by atoms with van der Waals surface area (Å²) in [6.45, 7) is 0.469. The van der Waals surface area contributed by atoms with Crippen molar-refractivity contribution in [2.75, 3.05) is 6.54 Å². The van der Waals surface area contributed by atoms with Crippen LogP contribution in [0, 0.1) is 5.82 Å². The number of sulfonamides is 1. The fourth-order valence-corrected chi connectivity index (χ4v) is 4.88. The zero-order valence-electron chi connectivity index (χ0n) is 13.4. The Balaban J connectivity index is 1.98. The van der Waals surface area contributed by atoms with Crippen LogP contribution in [0.25, 0.3) is 0 Å². The summed E-state index contributed by atoms with van der Waals surface area (Å²) in [6.07, 6.45) is 3.00. The number of nitrogens with zero attached hydrogens (tertiary/aromatic N) is 1. The average molecular weight is 343 g/mol. The highest BCUT2D eigenvalue weighted by molar-refractivity contribution is 7.89. The molecule has 3 rings (SSSR count). The monoisotopic (exact) mass is 343 g/mol. The van der Waals surface area contributed by atoms with Crippen molar-refractivity contribution < 1.29 is 12.8 Å². The van der Waals surface area contributed by atoms with Gasteiger partial charge in [-0.05, 0) is 42.7 Å². The van der Waals surface area contributed by atoms with Gasteiger partial charge in [-0.15, -0.1) is 0 Å². The Morgan fingerprint density at radius 3 is 2.58 bits per heavy atom. The first-order valence-corrected chi connectivity index (χ1v) is 9.52. The predicted octanol–water partition coefficient (Wildman–Crippen LogP) is 3.41. The van der Waals surface area contributed by atoms with Gasteiger partial charge in [-0.25, -0.2) is 12.8 Å². The first-order chi connectivity index (χ1) is 11.5. The van der Waals surface area contributed by atoms with Gasteiger partial charge in [0, 0.05) is 6.54 Å². The fraction of sp³-hybridized carbons (Fsp3) is 0.333. The Hall–Kier alpha value is -1.66. The zero-order chi connectivity index (χ0) is 17.2. The van der Waals surface area contributed by atoms with Crippen molar-refractivity contribution in [3.8, 4) is 0 Å². The number of benzene rings is 2. The Morgan fingerprint density at radius 2 is 1.88 bits per heavy atom. The lowest BCUT2D eigenvalue weighted by Gasteiger charge is -2.35. The highest BCUT2D eigenvalue weighted by atomic mass is 32.2. The molecule has 1 unspecified atom stereocenters. The smallest absolute Gasteiger partial charge is 0.207 e. The van der Waals surface area contributed by atoms with E-state index < -0.39 is 15.8 Å². The molecule has 1 heterocycles. The number of rotatable bonds is 4. The van der Waals surface area contributed by atoms with Crippen molar-refractivity contribution in [3.05, 3.63) is 65.5 Å². The number of hydrogen-bond donors (Lipinski definition) is 0. The highest BCUT2D eigenvalue weighted by Gasteiger charge is 2.34. The molecule has 2 radical (unpaired) electrons. The summed E-state index contributed by atoms with van der Waals surface area (Å²) in [5.41, 5.74) is 1.94. The minimum absolute atomic E-state index is 0.130. The third-order valence-electron chi connectivity index (χ3n) is 4.45. The molecule has 1 atom stereocenters. The number of piperidine rings is 1. The average Bonchev–Trinajstić information content (AvgIpc) is 2.62. The molecular formula is C18H19BFNO2S. The Bertz CT molecular complexity index is 808. The second kappa shape index (κ2) is 7.07. The summed E-state index contributed by atoms with van der Waals surface area (Å²) < 4.78 is 40.7. The van der Waals surface area contributed by atoms with Crippen molar-refractivity contribution in [1.29, 1.82) is 0 Å². The van der Waals surface area contributed by atoms with Gasteiger partial charge >= 0.3 is 0 Å². The molecule has 24 heavy (non-hydrogen) atoms. The van der Waals surface area contributed by atoms with Crippen LogP contribution in [0.4, 0.5) is 4.39 Å². The molecule has 1 aliphatic rings. The van der Waals surface area contributed by atoms with E-state index >= 15 is 0 Å². The lowest BCUT2D eigenvalue weighted by atomic mass is 9.91. The van der Waals surface area contributed by atoms with Gasteiger partial charge in [-0.3, -0.25) is 0 Å². The summed E-state index contributed by atoms with van der Waals surface area (Å²) in [6, 6.07) is 12.6. The topological polar surface area (TPSA) is 37.4 Å². The molecule has 2 aromatic carbocycles. The van der Waals surface area contributed by atoms with Crippen molar-refractivity contribution in [1.82, 2.24) is 4.31 Å². The Labute approximate surface area is 144 Å². The van der Waals surface area contributed by atoms with Gasteiger partial charge in [0.1, 0.15) is 5.82 Å². The van der Waals surface area contributed by atoms with Crippen LogP contribution in [0.15, 0.2) is 53.4 Å². The van der Waals surface area contributed by atoms with Crippen LogP contribution < -0.4 is 0 Å². The second-order valence-electron chi connectivity index (χ2n) is 6.03. The van der Waals surface area contributed by atoms with Crippen molar-refractivity contribution in [3.63, 3.8) is 0 Å². The first-order valence-electron chi connectivity index (χ1n) is 8.08. The molecule has 0 saturated carbocycles. The van der Waals surface area contributed by atoms with Crippen LogP contribution in [0.1, 0.15) is 36.4 Å². The normalized spacial score (nSPS) is 19.3. The van der Waals surface area contributed by atoms with E-state index in [-0.39, 0.29) is 10.9 Å². The third-order valence-corrected chi connectivity index (χ3v) is 6.37. The number of halogens is 1. The Morgan fingerprint density at radius 1 is 1.12 bits per heavy atom. The summed E-state index contributed by atoms with van der Waals surface area (Å²) >= 11 is 0. The maximum absolute atomic E-state index is 13.1. The largest absolute Gasteiger partial charge is 0.243 e. The van der Waals surface area contributed by atoms with E-state index in [4.69, 9.17) is 7.85 Å². The summed E-state index contributed by atoms with van der Waals surface area (Å²) in [5, 5.41) is 0. The molecular weight excluding hydrogens is 324 g/mol. The van der Waals surface area contributed by atoms with Crippen molar-refractivity contribution >= 4 is 17.9 Å². The van der Waals surface area contributed by atoms with Gasteiger partial charge in [0.05, 0.1) is 18.8 Å². The van der Waals surface area contributed by atoms with Gasteiger partial charge in [0.15, 0.2) is 0 Å². The van der Waals surface area contributed by atoms with Gasteiger partial charge in [-0.2, -0.15) is 4.31 Å². The van der Waals surface area contributed by atoms with Crippen molar-refractivity contribution in [2.24, 2.45) is 0 Å². The van der Waals surface area contributed by atoms with Crippen LogP contribution >= 0.6 is 0 Å². The highest BCUT2D eigenvalue weighted by Crippen LogP contribution is 2.35. The van der Waals surface area contributed by atoms with Gasteiger partial charge in [-0.1, -0.05) is 42.6 Å². The lowest BCUT2D eigenvalue weighted by Crippen LogP contribution is -2.38. The summed E-state index contributed by atoms with van der Waals surface area (Å²) in [7, 11) is 2.05. The molecule has 0 N–H and O–H groups in total. The number of hydrogen-bond acceptors (Lipinski definition) is 2. The van der Waals surface area contributed by atoms with E-state index in [9.17, 15) is 12.8 Å². The Kier molecular flexibility index (Phi) is 5.06. The molecule has 6 heteroatoms. The molecule has 2 aromatic rings. The van der Waals surface area contributed by atoms with E-state index in [1.54, 1.807) is 4.31 Å². The van der Waals surface area contributed by atoms with E-state index in [1.165, 1.54) is 24.3 Å². The fourth-order valence-electron chi connectivity index (χ4n) is 3.20. The molecule has 0 spiro atoms. The molecule has 1 fully saturated rings. The van der Waals surface area contributed by atoms with E-state index in [0.29, 0.717) is 12.9 Å². The quantitative estimate of drug-likeness (QED) is 0.798. The summed E-state index contributed by atoms with van der Waals surface area (Å²) in [5.74, 6) is -0.445. The minimum Gasteiger partial charge on any atom is -0.207 e. The molecule has 1 aliphatic heterocycles. The van der Waals surface area contributed by atoms with E-state index in [1.807, 2.05) is 24.3 Å². The van der Waals surface area contributed by atoms with Gasteiger partial charge in [0.2, 0.25) is 10.0 Å². The van der Waals surface area contributed by atoms with Gasteiger partial charge in [0.25, 0.3) is 0 Å². The van der Waals surface area contributed by atoms with E-state index in [2.05, 4.69) is 0 Å².